The first-order chi connectivity index (χ1) is 8.42. The molecule has 0 atom stereocenters. The molecule has 0 saturated heterocycles. The number of nitrogens with zero attached hydrogens (tertiary/aromatic N) is 1. The van der Waals surface area contributed by atoms with E-state index in [1.165, 1.54) is 21.0 Å². The highest BCUT2D eigenvalue weighted by Crippen LogP contribution is 2.27. The molecule has 1 amide bonds. The van der Waals surface area contributed by atoms with Crippen LogP contribution >= 0.6 is 0 Å². The Morgan fingerprint density at radius 3 is 2.56 bits per heavy atom. The summed E-state index contributed by atoms with van der Waals surface area (Å²) in [6.45, 7) is 6.47. The second-order valence-electron chi connectivity index (χ2n) is 3.58. The number of aryl methyl sites for hydroxylation is 1. The molecule has 1 heterocycles. The summed E-state index contributed by atoms with van der Waals surface area (Å²) < 4.78 is 9.73. The molecule has 1 N–H and O–H groups in total. The number of ether oxygens (including phenoxy) is 1. The number of carbonyl (C=O) groups excluding carboxylic acids is 2. The van der Waals surface area contributed by atoms with Crippen molar-refractivity contribution < 1.29 is 18.7 Å². The molecule has 0 saturated carbocycles. The van der Waals surface area contributed by atoms with Crippen LogP contribution in [0.5, 0.6) is 0 Å². The lowest BCUT2D eigenvalue weighted by molar-refractivity contribution is -0.112. The molecule has 6 nitrogen and oxygen atoms in total. The fraction of sp³-hybridized carbons (Fsp3) is 0.250. The molecule has 6 heteroatoms. The number of amides is 1. The van der Waals surface area contributed by atoms with Gasteiger partial charge in [0, 0.05) is 5.57 Å². The third kappa shape index (κ3) is 2.40. The second-order valence-corrected chi connectivity index (χ2v) is 3.58. The van der Waals surface area contributed by atoms with E-state index in [9.17, 15) is 9.59 Å². The van der Waals surface area contributed by atoms with Crippen LogP contribution in [-0.4, -0.2) is 19.0 Å². The van der Waals surface area contributed by atoms with Crippen LogP contribution in [0.4, 0.5) is 5.88 Å². The normalized spacial score (nSPS) is 9.44. The van der Waals surface area contributed by atoms with Crippen LogP contribution in [0.3, 0.4) is 0 Å². The second kappa shape index (κ2) is 5.19. The zero-order valence-electron chi connectivity index (χ0n) is 10.3. The predicted molar refractivity (Wildman–Crippen MR) is 62.9 cm³/mol. The Labute approximate surface area is 104 Å². The summed E-state index contributed by atoms with van der Waals surface area (Å²) in [5.41, 5.74) is 0.207. The standard InChI is InChI=1S/C12H12N2O4/c1-6(2)10(15)14-11-8(5-13)9(7(3)18-11)12(16)17-4/h1H2,2-4H3,(H,14,15). The summed E-state index contributed by atoms with van der Waals surface area (Å²) in [4.78, 5) is 22.9. The van der Waals surface area contributed by atoms with Gasteiger partial charge in [0.2, 0.25) is 5.88 Å². The quantitative estimate of drug-likeness (QED) is 0.650. The van der Waals surface area contributed by atoms with E-state index < -0.39 is 11.9 Å². The highest BCUT2D eigenvalue weighted by molar-refractivity contribution is 6.04. The minimum Gasteiger partial charge on any atom is -0.465 e. The Balaban J connectivity index is 3.24. The van der Waals surface area contributed by atoms with Crippen molar-refractivity contribution in [1.82, 2.24) is 0 Å². The summed E-state index contributed by atoms with van der Waals surface area (Å²) >= 11 is 0. The molecule has 0 bridgehead atoms. The zero-order valence-corrected chi connectivity index (χ0v) is 10.3. The smallest absolute Gasteiger partial charge is 0.342 e. The maximum atomic E-state index is 11.5. The van der Waals surface area contributed by atoms with Crippen molar-refractivity contribution in [1.29, 1.82) is 5.26 Å². The van der Waals surface area contributed by atoms with Crippen molar-refractivity contribution in [3.63, 3.8) is 0 Å². The summed E-state index contributed by atoms with van der Waals surface area (Å²) in [7, 11) is 1.20. The van der Waals surface area contributed by atoms with Crippen LogP contribution in [0.15, 0.2) is 16.6 Å². The minimum absolute atomic E-state index is 0.0111. The van der Waals surface area contributed by atoms with Crippen LogP contribution < -0.4 is 5.32 Å². The summed E-state index contributed by atoms with van der Waals surface area (Å²) in [6, 6.07) is 1.81. The minimum atomic E-state index is -0.691. The molecule has 0 spiro atoms. The van der Waals surface area contributed by atoms with Crippen molar-refractivity contribution in [2.24, 2.45) is 0 Å². The van der Waals surface area contributed by atoms with Gasteiger partial charge in [0.05, 0.1) is 7.11 Å². The van der Waals surface area contributed by atoms with Crippen LogP contribution in [0.2, 0.25) is 0 Å². The monoisotopic (exact) mass is 248 g/mol. The number of rotatable bonds is 3. The van der Waals surface area contributed by atoms with Gasteiger partial charge in [-0.2, -0.15) is 5.26 Å². The van der Waals surface area contributed by atoms with Crippen LogP contribution in [0.25, 0.3) is 0 Å². The Kier molecular flexibility index (Phi) is 3.89. The third-order valence-corrected chi connectivity index (χ3v) is 2.20. The third-order valence-electron chi connectivity index (χ3n) is 2.20. The van der Waals surface area contributed by atoms with Gasteiger partial charge in [-0.1, -0.05) is 6.58 Å². The van der Waals surface area contributed by atoms with Gasteiger partial charge in [0.1, 0.15) is 23.0 Å². The van der Waals surface area contributed by atoms with E-state index in [0.717, 1.165) is 0 Å². The molecule has 1 aromatic rings. The number of hydrogen-bond donors (Lipinski definition) is 1. The first-order valence-electron chi connectivity index (χ1n) is 5.01. The molecule has 0 aromatic carbocycles. The summed E-state index contributed by atoms with van der Waals surface area (Å²) in [5, 5.41) is 11.4. The van der Waals surface area contributed by atoms with Gasteiger partial charge in [-0.05, 0) is 13.8 Å². The molecular formula is C12H12N2O4. The van der Waals surface area contributed by atoms with Gasteiger partial charge in [-0.15, -0.1) is 0 Å². The number of anilines is 1. The van der Waals surface area contributed by atoms with E-state index in [0.29, 0.717) is 0 Å². The lowest BCUT2D eigenvalue weighted by Gasteiger charge is -2.00. The Hall–Kier alpha value is -2.55. The highest BCUT2D eigenvalue weighted by atomic mass is 16.5. The van der Waals surface area contributed by atoms with E-state index in [-0.39, 0.29) is 28.3 Å². The van der Waals surface area contributed by atoms with Gasteiger partial charge in [0.15, 0.2) is 0 Å². The first-order valence-corrected chi connectivity index (χ1v) is 5.01. The van der Waals surface area contributed by atoms with Crippen LogP contribution in [0, 0.1) is 18.3 Å². The molecule has 0 radical (unpaired) electrons. The summed E-state index contributed by atoms with van der Waals surface area (Å²) in [6.07, 6.45) is 0. The van der Waals surface area contributed by atoms with E-state index in [4.69, 9.17) is 9.68 Å². The first kappa shape index (κ1) is 13.5. The van der Waals surface area contributed by atoms with E-state index in [1.807, 2.05) is 0 Å². The molecule has 1 aromatic heterocycles. The predicted octanol–water partition coefficient (Wildman–Crippen LogP) is 1.76. The van der Waals surface area contributed by atoms with Crippen molar-refractivity contribution >= 4 is 17.8 Å². The lowest BCUT2D eigenvalue weighted by Crippen LogP contribution is -2.12. The number of hydrogen-bond acceptors (Lipinski definition) is 5. The Morgan fingerprint density at radius 2 is 2.11 bits per heavy atom. The fourth-order valence-electron chi connectivity index (χ4n) is 1.30. The van der Waals surface area contributed by atoms with E-state index in [1.54, 1.807) is 6.07 Å². The average Bonchev–Trinajstić information content (AvgIpc) is 2.63. The average molecular weight is 248 g/mol. The maximum Gasteiger partial charge on any atom is 0.342 e. The molecule has 0 aliphatic rings. The van der Waals surface area contributed by atoms with Gasteiger partial charge < -0.3 is 9.15 Å². The van der Waals surface area contributed by atoms with Crippen LogP contribution in [-0.2, 0) is 9.53 Å². The fourth-order valence-corrected chi connectivity index (χ4v) is 1.30. The van der Waals surface area contributed by atoms with Crippen molar-refractivity contribution in [2.45, 2.75) is 13.8 Å². The molecule has 0 aliphatic carbocycles. The lowest BCUT2D eigenvalue weighted by atomic mass is 10.1. The Bertz CT molecular complexity index is 563. The largest absolute Gasteiger partial charge is 0.465 e. The summed E-state index contributed by atoms with van der Waals surface area (Å²) in [5.74, 6) is -1.06. The zero-order chi connectivity index (χ0) is 13.9. The number of nitriles is 1. The van der Waals surface area contributed by atoms with Crippen molar-refractivity contribution in [2.75, 3.05) is 12.4 Å². The van der Waals surface area contributed by atoms with Gasteiger partial charge in [0.25, 0.3) is 5.91 Å². The number of esters is 1. The molecular weight excluding hydrogens is 236 g/mol. The maximum absolute atomic E-state index is 11.5. The van der Waals surface area contributed by atoms with Gasteiger partial charge in [-0.3, -0.25) is 10.1 Å². The van der Waals surface area contributed by atoms with E-state index >= 15 is 0 Å². The molecule has 0 aliphatic heterocycles. The van der Waals surface area contributed by atoms with Crippen molar-refractivity contribution in [3.8, 4) is 6.07 Å². The molecule has 0 fully saturated rings. The molecule has 1 rings (SSSR count). The molecule has 0 unspecified atom stereocenters. The number of carbonyl (C=O) groups is 2. The van der Waals surface area contributed by atoms with Crippen molar-refractivity contribution in [3.05, 3.63) is 29.0 Å². The van der Waals surface area contributed by atoms with Gasteiger partial charge >= 0.3 is 5.97 Å². The molecule has 94 valence electrons. The SMILES string of the molecule is C=C(C)C(=O)Nc1oc(C)c(C(=O)OC)c1C#N. The van der Waals surface area contributed by atoms with E-state index in [2.05, 4.69) is 16.6 Å². The molecule has 18 heavy (non-hydrogen) atoms. The highest BCUT2D eigenvalue weighted by Gasteiger charge is 2.25. The Morgan fingerprint density at radius 1 is 1.50 bits per heavy atom. The van der Waals surface area contributed by atoms with Crippen LogP contribution in [0.1, 0.15) is 28.6 Å². The number of methoxy groups -OCH3 is 1. The van der Waals surface area contributed by atoms with Gasteiger partial charge in [-0.25, -0.2) is 4.79 Å². The number of nitrogens with one attached hydrogen (secondary N) is 1. The number of furan rings is 1. The topological polar surface area (TPSA) is 92.3 Å².